The van der Waals surface area contributed by atoms with Crippen molar-refractivity contribution < 1.29 is 9.59 Å². The molecule has 0 bridgehead atoms. The number of hydrogen-bond acceptors (Lipinski definition) is 3. The summed E-state index contributed by atoms with van der Waals surface area (Å²) in [6, 6.07) is -0.394. The molecule has 5 heteroatoms. The van der Waals surface area contributed by atoms with Gasteiger partial charge in [0, 0.05) is 25.6 Å². The predicted molar refractivity (Wildman–Crippen MR) is 75.5 cm³/mol. The van der Waals surface area contributed by atoms with Crippen LogP contribution in [-0.2, 0) is 9.59 Å². The van der Waals surface area contributed by atoms with Crippen molar-refractivity contribution in [1.82, 2.24) is 10.2 Å². The molecule has 0 aromatic carbocycles. The smallest absolute Gasteiger partial charge is 0.239 e. The van der Waals surface area contributed by atoms with Crippen LogP contribution in [0.15, 0.2) is 0 Å². The zero-order valence-electron chi connectivity index (χ0n) is 12.2. The Hall–Kier alpha value is -1.10. The van der Waals surface area contributed by atoms with Gasteiger partial charge in [-0.05, 0) is 25.7 Å². The number of nitrogens with zero attached hydrogens (tertiary/aromatic N) is 1. The minimum absolute atomic E-state index is 0.0207. The molecule has 1 fully saturated rings. The molecule has 0 unspecified atom stereocenters. The number of likely N-dealkylation sites (tertiary alicyclic amines) is 1. The van der Waals surface area contributed by atoms with Crippen molar-refractivity contribution in [2.75, 3.05) is 19.6 Å². The molecule has 1 aliphatic heterocycles. The molecule has 5 nitrogen and oxygen atoms in total. The van der Waals surface area contributed by atoms with Crippen LogP contribution in [0.1, 0.15) is 46.0 Å². The highest BCUT2D eigenvalue weighted by atomic mass is 16.2. The topological polar surface area (TPSA) is 75.4 Å². The molecule has 1 aliphatic rings. The summed E-state index contributed by atoms with van der Waals surface area (Å²) in [5.41, 5.74) is 5.75. The molecule has 1 saturated heterocycles. The predicted octanol–water partition coefficient (Wildman–Crippen LogP) is 0.879. The van der Waals surface area contributed by atoms with Gasteiger partial charge in [-0.15, -0.1) is 0 Å². The van der Waals surface area contributed by atoms with Gasteiger partial charge in [-0.2, -0.15) is 0 Å². The van der Waals surface area contributed by atoms with Crippen LogP contribution in [0.2, 0.25) is 0 Å². The molecule has 0 radical (unpaired) electrons. The van der Waals surface area contributed by atoms with Crippen molar-refractivity contribution in [3.63, 3.8) is 0 Å². The van der Waals surface area contributed by atoms with Crippen molar-refractivity contribution in [1.29, 1.82) is 0 Å². The van der Waals surface area contributed by atoms with E-state index in [0.717, 1.165) is 32.2 Å². The Morgan fingerprint density at radius 1 is 1.32 bits per heavy atom. The quantitative estimate of drug-likeness (QED) is 0.703. The Kier molecular flexibility index (Phi) is 6.84. The fraction of sp³-hybridized carbons (Fsp3) is 0.857. The van der Waals surface area contributed by atoms with Crippen LogP contribution in [-0.4, -0.2) is 42.4 Å². The monoisotopic (exact) mass is 269 g/mol. The largest absolute Gasteiger partial charge is 0.356 e. The summed E-state index contributed by atoms with van der Waals surface area (Å²) in [7, 11) is 0. The van der Waals surface area contributed by atoms with Gasteiger partial charge in [-0.3, -0.25) is 9.59 Å². The minimum Gasteiger partial charge on any atom is -0.356 e. The van der Waals surface area contributed by atoms with E-state index in [0.29, 0.717) is 19.5 Å². The van der Waals surface area contributed by atoms with Gasteiger partial charge < -0.3 is 16.0 Å². The lowest BCUT2D eigenvalue weighted by molar-refractivity contribution is -0.136. The highest BCUT2D eigenvalue weighted by molar-refractivity contribution is 5.82. The molecular formula is C14H27N3O2. The highest BCUT2D eigenvalue weighted by Gasteiger charge is 2.28. The first kappa shape index (κ1) is 16.0. The van der Waals surface area contributed by atoms with Crippen LogP contribution in [0.4, 0.5) is 0 Å². The standard InChI is InChI=1S/C14H27N3O2/c1-3-5-8-16-13(18)11-6-9-17(10-7-11)14(19)12(15)4-2/h11-12H,3-10,15H2,1-2H3,(H,16,18)/t12-/m0/s1. The van der Waals surface area contributed by atoms with Gasteiger partial charge in [-0.1, -0.05) is 20.3 Å². The second kappa shape index (κ2) is 8.15. The zero-order valence-corrected chi connectivity index (χ0v) is 12.2. The summed E-state index contributed by atoms with van der Waals surface area (Å²) in [5.74, 6) is 0.214. The number of nitrogens with two attached hydrogens (primary N) is 1. The van der Waals surface area contributed by atoms with Crippen molar-refractivity contribution in [3.8, 4) is 0 Å². The first-order valence-electron chi connectivity index (χ1n) is 7.42. The summed E-state index contributed by atoms with van der Waals surface area (Å²) in [6.45, 7) is 6.08. The van der Waals surface area contributed by atoms with Crippen LogP contribution >= 0.6 is 0 Å². The number of unbranched alkanes of at least 4 members (excludes halogenated alkanes) is 1. The average Bonchev–Trinajstić information content (AvgIpc) is 2.46. The van der Waals surface area contributed by atoms with Gasteiger partial charge in [0.1, 0.15) is 0 Å². The molecule has 0 aromatic rings. The third-order valence-electron chi connectivity index (χ3n) is 3.76. The minimum atomic E-state index is -0.394. The van der Waals surface area contributed by atoms with Crippen molar-refractivity contribution in [2.45, 2.75) is 52.0 Å². The van der Waals surface area contributed by atoms with E-state index in [1.165, 1.54) is 0 Å². The van der Waals surface area contributed by atoms with Crippen LogP contribution in [0, 0.1) is 5.92 Å². The maximum Gasteiger partial charge on any atom is 0.239 e. The second-order valence-electron chi connectivity index (χ2n) is 5.26. The molecule has 0 aromatic heterocycles. The Bertz CT molecular complexity index is 299. The molecular weight excluding hydrogens is 242 g/mol. The van der Waals surface area contributed by atoms with E-state index in [9.17, 15) is 9.59 Å². The zero-order chi connectivity index (χ0) is 14.3. The van der Waals surface area contributed by atoms with Gasteiger partial charge in [0.25, 0.3) is 0 Å². The normalized spacial score (nSPS) is 18.2. The van der Waals surface area contributed by atoms with Crippen molar-refractivity contribution in [2.24, 2.45) is 11.7 Å². The van der Waals surface area contributed by atoms with Gasteiger partial charge in [0.2, 0.25) is 11.8 Å². The first-order valence-corrected chi connectivity index (χ1v) is 7.42. The molecule has 1 heterocycles. The third kappa shape index (κ3) is 4.82. The lowest BCUT2D eigenvalue weighted by Crippen LogP contribution is -2.48. The Morgan fingerprint density at radius 2 is 1.95 bits per heavy atom. The number of carbonyl (C=O) groups excluding carboxylic acids is 2. The maximum absolute atomic E-state index is 11.9. The molecule has 19 heavy (non-hydrogen) atoms. The lowest BCUT2D eigenvalue weighted by Gasteiger charge is -2.32. The summed E-state index contributed by atoms with van der Waals surface area (Å²) in [4.78, 5) is 25.6. The van der Waals surface area contributed by atoms with Crippen LogP contribution in [0.25, 0.3) is 0 Å². The van der Waals surface area contributed by atoms with E-state index in [1.54, 1.807) is 4.90 Å². The van der Waals surface area contributed by atoms with Gasteiger partial charge in [-0.25, -0.2) is 0 Å². The SMILES string of the molecule is CCCCNC(=O)C1CCN(C(=O)[C@@H](N)CC)CC1. The van der Waals surface area contributed by atoms with Gasteiger partial charge in [0.05, 0.1) is 6.04 Å². The number of rotatable bonds is 6. The van der Waals surface area contributed by atoms with Crippen LogP contribution in [0.5, 0.6) is 0 Å². The Balaban J connectivity index is 2.32. The molecule has 0 aliphatic carbocycles. The molecule has 1 rings (SSSR count). The fourth-order valence-corrected chi connectivity index (χ4v) is 2.30. The summed E-state index contributed by atoms with van der Waals surface area (Å²) in [5, 5.41) is 2.96. The van der Waals surface area contributed by atoms with E-state index >= 15 is 0 Å². The molecule has 110 valence electrons. The highest BCUT2D eigenvalue weighted by Crippen LogP contribution is 2.18. The molecule has 1 atom stereocenters. The average molecular weight is 269 g/mol. The van der Waals surface area contributed by atoms with E-state index in [2.05, 4.69) is 12.2 Å². The summed E-state index contributed by atoms with van der Waals surface area (Å²) in [6.07, 6.45) is 4.27. The van der Waals surface area contributed by atoms with E-state index in [-0.39, 0.29) is 17.7 Å². The molecule has 2 amide bonds. The van der Waals surface area contributed by atoms with E-state index in [4.69, 9.17) is 5.73 Å². The van der Waals surface area contributed by atoms with Crippen LogP contribution in [0.3, 0.4) is 0 Å². The maximum atomic E-state index is 11.9. The summed E-state index contributed by atoms with van der Waals surface area (Å²) >= 11 is 0. The number of piperidine rings is 1. The van der Waals surface area contributed by atoms with E-state index < -0.39 is 6.04 Å². The lowest BCUT2D eigenvalue weighted by atomic mass is 9.95. The molecule has 0 spiro atoms. The van der Waals surface area contributed by atoms with Gasteiger partial charge >= 0.3 is 0 Å². The first-order chi connectivity index (χ1) is 9.10. The molecule has 0 saturated carbocycles. The van der Waals surface area contributed by atoms with E-state index in [1.807, 2.05) is 6.92 Å². The third-order valence-corrected chi connectivity index (χ3v) is 3.76. The van der Waals surface area contributed by atoms with Crippen molar-refractivity contribution >= 4 is 11.8 Å². The number of nitrogens with one attached hydrogen (secondary N) is 1. The molecule has 3 N–H and O–H groups in total. The second-order valence-corrected chi connectivity index (χ2v) is 5.26. The Morgan fingerprint density at radius 3 is 2.47 bits per heavy atom. The van der Waals surface area contributed by atoms with Gasteiger partial charge in [0.15, 0.2) is 0 Å². The number of carbonyl (C=O) groups is 2. The number of hydrogen-bond donors (Lipinski definition) is 2. The Labute approximate surface area is 115 Å². The fourth-order valence-electron chi connectivity index (χ4n) is 2.30. The summed E-state index contributed by atoms with van der Waals surface area (Å²) < 4.78 is 0. The van der Waals surface area contributed by atoms with Crippen LogP contribution < -0.4 is 11.1 Å². The number of amides is 2. The van der Waals surface area contributed by atoms with Crippen molar-refractivity contribution in [3.05, 3.63) is 0 Å².